The maximum atomic E-state index is 13.0. The minimum Gasteiger partial charge on any atom is -0.281 e. The van der Waals surface area contributed by atoms with Crippen molar-refractivity contribution in [2.24, 2.45) is 0 Å². The lowest BCUT2D eigenvalue weighted by Gasteiger charge is -2.07. The van der Waals surface area contributed by atoms with Crippen molar-refractivity contribution in [1.29, 1.82) is 0 Å². The largest absolute Gasteiger partial charge is 0.281 e. The molecule has 0 saturated carbocycles. The van der Waals surface area contributed by atoms with E-state index in [-0.39, 0.29) is 11.4 Å². The number of anilines is 1. The Kier molecular flexibility index (Phi) is 3.62. The molecule has 0 aliphatic rings. The highest BCUT2D eigenvalue weighted by molar-refractivity contribution is 7.92. The van der Waals surface area contributed by atoms with Crippen LogP contribution in [0.2, 0.25) is 0 Å². The van der Waals surface area contributed by atoms with E-state index in [1.165, 1.54) is 0 Å². The van der Waals surface area contributed by atoms with E-state index in [2.05, 4.69) is 0 Å². The molecular formula is C9H10F2NO2S. The smallest absolute Gasteiger partial charge is 0.232 e. The van der Waals surface area contributed by atoms with E-state index >= 15 is 0 Å². The van der Waals surface area contributed by atoms with E-state index in [1.54, 1.807) is 13.0 Å². The molecule has 3 nitrogen and oxygen atoms in total. The van der Waals surface area contributed by atoms with Gasteiger partial charge in [0.2, 0.25) is 10.0 Å². The first-order valence-electron chi connectivity index (χ1n) is 4.32. The summed E-state index contributed by atoms with van der Waals surface area (Å²) in [6, 6.07) is 3.70. The molecule has 1 aromatic carbocycles. The first kappa shape index (κ1) is 11.9. The Labute approximate surface area is 87.2 Å². The summed E-state index contributed by atoms with van der Waals surface area (Å²) in [7, 11) is -3.55. The topological polar surface area (TPSA) is 46.2 Å². The summed E-state index contributed by atoms with van der Waals surface area (Å²) in [4.78, 5) is 0. The number of hydrogen-bond donors (Lipinski definition) is 1. The van der Waals surface area contributed by atoms with Crippen LogP contribution >= 0.6 is 0 Å². The van der Waals surface area contributed by atoms with Crippen molar-refractivity contribution >= 4 is 15.7 Å². The van der Waals surface area contributed by atoms with Gasteiger partial charge in [0.05, 0.1) is 17.5 Å². The van der Waals surface area contributed by atoms with E-state index in [0.29, 0.717) is 6.42 Å². The van der Waals surface area contributed by atoms with Crippen LogP contribution in [0.1, 0.15) is 13.3 Å². The van der Waals surface area contributed by atoms with Gasteiger partial charge in [-0.2, -0.15) is 0 Å². The highest BCUT2D eigenvalue weighted by Gasteiger charge is 2.12. The van der Waals surface area contributed by atoms with E-state index < -0.39 is 21.7 Å². The zero-order chi connectivity index (χ0) is 11.5. The predicted molar refractivity (Wildman–Crippen MR) is 52.9 cm³/mol. The number of benzene rings is 1. The van der Waals surface area contributed by atoms with Crippen LogP contribution in [0.25, 0.3) is 0 Å². The second kappa shape index (κ2) is 4.57. The van der Waals surface area contributed by atoms with Gasteiger partial charge in [0, 0.05) is 0 Å². The Bertz CT molecular complexity index is 445. The Balaban J connectivity index is 2.90. The first-order chi connectivity index (χ1) is 6.94. The van der Waals surface area contributed by atoms with Crippen molar-refractivity contribution in [2.45, 2.75) is 13.3 Å². The van der Waals surface area contributed by atoms with Gasteiger partial charge in [-0.3, -0.25) is 4.72 Å². The molecule has 0 bridgehead atoms. The van der Waals surface area contributed by atoms with Gasteiger partial charge in [-0.25, -0.2) is 17.2 Å². The zero-order valence-electron chi connectivity index (χ0n) is 8.05. The molecule has 0 unspecified atom stereocenters. The fourth-order valence-electron chi connectivity index (χ4n) is 1.01. The standard InChI is InChI=1S/C9H10F2NO2S/c1-2-5-15(13,14)12-9-4-3-7(10)6-8(9)11/h3-4,12H,2,5H2,1H3. The van der Waals surface area contributed by atoms with Crippen LogP contribution in [0.3, 0.4) is 0 Å². The third-order valence-electron chi connectivity index (χ3n) is 1.60. The summed E-state index contributed by atoms with van der Waals surface area (Å²) in [5.74, 6) is -2.02. The number of rotatable bonds is 4. The van der Waals surface area contributed by atoms with Crippen LogP contribution in [-0.2, 0) is 10.0 Å². The molecule has 83 valence electrons. The van der Waals surface area contributed by atoms with Crippen molar-refractivity contribution in [3.63, 3.8) is 0 Å². The van der Waals surface area contributed by atoms with Crippen LogP contribution in [0.5, 0.6) is 0 Å². The minimum absolute atomic E-state index is 0.107. The highest BCUT2D eigenvalue weighted by Crippen LogP contribution is 2.15. The SMILES string of the molecule is CCCS(=O)(=O)Nc1ccc(F)[c]c1F. The predicted octanol–water partition coefficient (Wildman–Crippen LogP) is 1.92. The Morgan fingerprint density at radius 3 is 2.60 bits per heavy atom. The summed E-state index contributed by atoms with van der Waals surface area (Å²) in [6.07, 6.45) is 0.419. The van der Waals surface area contributed by atoms with Gasteiger partial charge in [0.1, 0.15) is 5.82 Å². The van der Waals surface area contributed by atoms with Gasteiger partial charge in [-0.15, -0.1) is 0 Å². The molecule has 0 aliphatic carbocycles. The molecule has 15 heavy (non-hydrogen) atoms. The molecular weight excluding hydrogens is 224 g/mol. The quantitative estimate of drug-likeness (QED) is 0.865. The zero-order valence-corrected chi connectivity index (χ0v) is 8.87. The van der Waals surface area contributed by atoms with E-state index in [1.807, 2.05) is 4.72 Å². The van der Waals surface area contributed by atoms with Gasteiger partial charge < -0.3 is 0 Å². The molecule has 1 N–H and O–H groups in total. The molecule has 0 spiro atoms. The fraction of sp³-hybridized carbons (Fsp3) is 0.333. The molecule has 1 aromatic rings. The number of halogens is 2. The van der Waals surface area contributed by atoms with Gasteiger partial charge in [0.15, 0.2) is 5.82 Å². The molecule has 0 amide bonds. The molecule has 0 heterocycles. The van der Waals surface area contributed by atoms with Crippen LogP contribution < -0.4 is 4.72 Å². The number of nitrogens with one attached hydrogen (secondary N) is 1. The summed E-state index contributed by atoms with van der Waals surface area (Å²) >= 11 is 0. The highest BCUT2D eigenvalue weighted by atomic mass is 32.2. The minimum atomic E-state index is -3.55. The third-order valence-corrected chi connectivity index (χ3v) is 3.08. The molecule has 0 aromatic heterocycles. The summed E-state index contributed by atoms with van der Waals surface area (Å²) in [5.41, 5.74) is -0.287. The van der Waals surface area contributed by atoms with E-state index in [9.17, 15) is 17.2 Å². The number of hydrogen-bond acceptors (Lipinski definition) is 2. The normalized spacial score (nSPS) is 11.4. The average molecular weight is 234 g/mol. The maximum absolute atomic E-state index is 13.0. The van der Waals surface area contributed by atoms with Crippen LogP contribution in [0, 0.1) is 17.7 Å². The monoisotopic (exact) mass is 234 g/mol. The fourth-order valence-corrected chi connectivity index (χ4v) is 2.14. The Morgan fingerprint density at radius 2 is 2.07 bits per heavy atom. The van der Waals surface area contributed by atoms with Gasteiger partial charge in [0.25, 0.3) is 0 Å². The summed E-state index contributed by atoms with van der Waals surface area (Å²) < 4.78 is 50.0. The van der Waals surface area contributed by atoms with E-state index in [4.69, 9.17) is 0 Å². The summed E-state index contributed by atoms with van der Waals surface area (Å²) in [5, 5.41) is 0. The lowest BCUT2D eigenvalue weighted by atomic mass is 10.3. The maximum Gasteiger partial charge on any atom is 0.232 e. The second-order valence-electron chi connectivity index (χ2n) is 2.95. The molecule has 0 atom stereocenters. The average Bonchev–Trinajstić information content (AvgIpc) is 2.09. The van der Waals surface area contributed by atoms with Crippen LogP contribution in [0.4, 0.5) is 14.5 Å². The lowest BCUT2D eigenvalue weighted by Crippen LogP contribution is -2.17. The van der Waals surface area contributed by atoms with Crippen molar-refractivity contribution in [3.05, 3.63) is 29.8 Å². The van der Waals surface area contributed by atoms with Crippen molar-refractivity contribution in [3.8, 4) is 0 Å². The molecule has 0 aliphatic heterocycles. The molecule has 1 radical (unpaired) electrons. The Morgan fingerprint density at radius 1 is 1.40 bits per heavy atom. The molecule has 0 fully saturated rings. The van der Waals surface area contributed by atoms with Crippen molar-refractivity contribution in [1.82, 2.24) is 0 Å². The van der Waals surface area contributed by atoms with Gasteiger partial charge in [-0.05, 0) is 18.6 Å². The van der Waals surface area contributed by atoms with Crippen LogP contribution in [-0.4, -0.2) is 14.2 Å². The molecule has 1 rings (SSSR count). The van der Waals surface area contributed by atoms with E-state index in [0.717, 1.165) is 12.1 Å². The van der Waals surface area contributed by atoms with Crippen molar-refractivity contribution < 1.29 is 17.2 Å². The van der Waals surface area contributed by atoms with Crippen molar-refractivity contribution in [2.75, 3.05) is 10.5 Å². The van der Waals surface area contributed by atoms with Crippen LogP contribution in [0.15, 0.2) is 12.1 Å². The lowest BCUT2D eigenvalue weighted by molar-refractivity contribution is 0.579. The van der Waals surface area contributed by atoms with Gasteiger partial charge in [-0.1, -0.05) is 6.92 Å². The molecule has 0 saturated heterocycles. The summed E-state index contributed by atoms with van der Waals surface area (Å²) in [6.45, 7) is 1.69. The second-order valence-corrected chi connectivity index (χ2v) is 4.80. The first-order valence-corrected chi connectivity index (χ1v) is 5.97. The number of sulfonamides is 1. The molecule has 6 heteroatoms. The third kappa shape index (κ3) is 3.47. The van der Waals surface area contributed by atoms with Gasteiger partial charge >= 0.3 is 0 Å². The Hall–Kier alpha value is -1.17.